The average Bonchev–Trinajstić information content (AvgIpc) is 3.37. The Balaban J connectivity index is 1.37. The summed E-state index contributed by atoms with van der Waals surface area (Å²) in [7, 11) is 0. The topological polar surface area (TPSA) is 70.5 Å². The minimum absolute atomic E-state index is 0.543. The van der Waals surface area contributed by atoms with Crippen LogP contribution in [0.1, 0.15) is 58.4 Å². The molecule has 0 spiro atoms. The molecule has 0 atom stereocenters. The second-order valence-electron chi connectivity index (χ2n) is 12.5. The van der Waals surface area contributed by atoms with Crippen molar-refractivity contribution in [2.24, 2.45) is 0 Å². The molecule has 6 aromatic rings. The molecule has 234 valence electrons. The van der Waals surface area contributed by atoms with E-state index in [1.807, 2.05) is 24.3 Å². The number of aryl methyl sites for hydroxylation is 4. The highest BCUT2D eigenvalue weighted by molar-refractivity contribution is 5.86. The smallest absolute Gasteiger partial charge is 0.130 e. The highest BCUT2D eigenvalue weighted by Gasteiger charge is 2.46. The zero-order valence-corrected chi connectivity index (χ0v) is 27.4. The fourth-order valence-corrected chi connectivity index (χ4v) is 7.17. The largest absolute Gasteiger partial charge is 0.457 e. The van der Waals surface area contributed by atoms with Crippen molar-refractivity contribution >= 4 is 11.4 Å². The monoisotopic (exact) mass is 616 g/mol. The second-order valence-corrected chi connectivity index (χ2v) is 12.5. The van der Waals surface area contributed by atoms with E-state index in [-0.39, 0.29) is 0 Å². The van der Waals surface area contributed by atoms with Crippen molar-refractivity contribution in [2.45, 2.75) is 46.0 Å². The van der Waals surface area contributed by atoms with Gasteiger partial charge >= 0.3 is 0 Å². The van der Waals surface area contributed by atoms with Crippen LogP contribution in [0.25, 0.3) is 11.1 Å². The molecule has 1 aliphatic rings. The molecule has 0 aliphatic heterocycles. The molecule has 0 amide bonds. The summed E-state index contributed by atoms with van der Waals surface area (Å²) in [6.45, 7) is 8.47. The summed E-state index contributed by atoms with van der Waals surface area (Å²) in [6.07, 6.45) is 1.78. The number of fused-ring (bicyclic) bond motifs is 3. The first-order valence-electron chi connectivity index (χ1n) is 16.4. The van der Waals surface area contributed by atoms with Crippen LogP contribution < -0.4 is 20.9 Å². The fourth-order valence-electron chi connectivity index (χ4n) is 7.17. The van der Waals surface area contributed by atoms with Gasteiger partial charge in [-0.05, 0) is 119 Å². The first-order chi connectivity index (χ1) is 22.8. The molecule has 4 nitrogen and oxygen atoms in total. The van der Waals surface area contributed by atoms with E-state index in [1.165, 1.54) is 33.4 Å². The van der Waals surface area contributed by atoms with Crippen molar-refractivity contribution in [2.75, 3.05) is 11.5 Å². The number of hydrogen-bond acceptors (Lipinski definition) is 4. The Morgan fingerprint density at radius 2 is 0.936 bits per heavy atom. The summed E-state index contributed by atoms with van der Waals surface area (Å²) in [6, 6.07) is 42.6. The lowest BCUT2D eigenvalue weighted by Gasteiger charge is -2.34. The van der Waals surface area contributed by atoms with Gasteiger partial charge in [-0.15, -0.1) is 0 Å². The summed E-state index contributed by atoms with van der Waals surface area (Å²) in [5.74, 6) is 3.12. The number of nitrogen functional groups attached to an aromatic ring is 2. The van der Waals surface area contributed by atoms with Gasteiger partial charge in [0.25, 0.3) is 0 Å². The lowest BCUT2D eigenvalue weighted by atomic mass is 9.67. The molecule has 7 rings (SSSR count). The van der Waals surface area contributed by atoms with Gasteiger partial charge in [0.1, 0.15) is 23.0 Å². The molecule has 6 aromatic carbocycles. The Morgan fingerprint density at radius 1 is 0.511 bits per heavy atom. The van der Waals surface area contributed by atoms with Crippen molar-refractivity contribution in [3.8, 4) is 34.1 Å². The number of ether oxygens (including phenoxy) is 2. The maximum absolute atomic E-state index is 6.44. The first-order valence-corrected chi connectivity index (χ1v) is 16.4. The summed E-state index contributed by atoms with van der Waals surface area (Å²) < 4.78 is 12.9. The summed E-state index contributed by atoms with van der Waals surface area (Å²) in [4.78, 5) is 0. The second kappa shape index (κ2) is 12.0. The first kappa shape index (κ1) is 30.2. The Bertz CT molecular complexity index is 1980. The summed E-state index contributed by atoms with van der Waals surface area (Å²) >= 11 is 0. The maximum Gasteiger partial charge on any atom is 0.130 e. The predicted octanol–water partition coefficient (Wildman–Crippen LogP) is 10.5. The lowest BCUT2D eigenvalue weighted by Crippen LogP contribution is -2.28. The van der Waals surface area contributed by atoms with Gasteiger partial charge in [0.05, 0.1) is 5.41 Å². The van der Waals surface area contributed by atoms with E-state index in [2.05, 4.69) is 125 Å². The Labute approximate surface area is 277 Å². The van der Waals surface area contributed by atoms with E-state index < -0.39 is 5.41 Å². The molecule has 0 radical (unpaired) electrons. The van der Waals surface area contributed by atoms with Crippen LogP contribution in [0.2, 0.25) is 0 Å². The molecule has 0 bridgehead atoms. The quantitative estimate of drug-likeness (QED) is 0.167. The normalized spacial score (nSPS) is 12.8. The third kappa shape index (κ3) is 5.30. The minimum atomic E-state index is -0.543. The van der Waals surface area contributed by atoms with Crippen LogP contribution in [0.5, 0.6) is 23.0 Å². The van der Waals surface area contributed by atoms with Gasteiger partial charge < -0.3 is 20.9 Å². The molecular weight excluding hydrogens is 576 g/mol. The summed E-state index contributed by atoms with van der Waals surface area (Å²) in [5, 5.41) is 0. The molecule has 0 fully saturated rings. The van der Waals surface area contributed by atoms with E-state index in [1.54, 1.807) is 0 Å². The van der Waals surface area contributed by atoms with Gasteiger partial charge in [-0.2, -0.15) is 0 Å². The van der Waals surface area contributed by atoms with Crippen molar-refractivity contribution < 1.29 is 9.47 Å². The van der Waals surface area contributed by atoms with E-state index in [4.69, 9.17) is 20.9 Å². The van der Waals surface area contributed by atoms with Crippen LogP contribution in [-0.2, 0) is 18.3 Å². The molecule has 4 heteroatoms. The van der Waals surface area contributed by atoms with Gasteiger partial charge in [-0.3, -0.25) is 0 Å². The van der Waals surface area contributed by atoms with Gasteiger partial charge in [-0.1, -0.05) is 86.6 Å². The van der Waals surface area contributed by atoms with Gasteiger partial charge in [0, 0.05) is 23.5 Å². The van der Waals surface area contributed by atoms with E-state index >= 15 is 0 Å². The third-order valence-corrected chi connectivity index (χ3v) is 9.42. The number of nitrogens with two attached hydrogens (primary N) is 2. The van der Waals surface area contributed by atoms with Crippen molar-refractivity contribution in [1.82, 2.24) is 0 Å². The van der Waals surface area contributed by atoms with E-state index in [9.17, 15) is 0 Å². The highest BCUT2D eigenvalue weighted by Crippen LogP contribution is 2.56. The number of hydrogen-bond donors (Lipinski definition) is 2. The zero-order chi connectivity index (χ0) is 32.7. The van der Waals surface area contributed by atoms with Crippen molar-refractivity contribution in [3.05, 3.63) is 166 Å². The molecular formula is C43H40N2O2. The SMILES string of the molecule is CCc1cc(N)cc(Oc2ccc(C3(c4ccc(Oc5cc(N)cc(CC)c5)c(C)c4)c4ccccc4-c4ccccc43)cc2C)c1. The fraction of sp³-hybridized carbons (Fsp3) is 0.163. The van der Waals surface area contributed by atoms with Gasteiger partial charge in [-0.25, -0.2) is 0 Å². The molecule has 47 heavy (non-hydrogen) atoms. The lowest BCUT2D eigenvalue weighted by molar-refractivity contribution is 0.477. The number of anilines is 2. The van der Waals surface area contributed by atoms with Crippen molar-refractivity contribution in [3.63, 3.8) is 0 Å². The zero-order valence-electron chi connectivity index (χ0n) is 27.4. The van der Waals surface area contributed by atoms with E-state index in [0.29, 0.717) is 11.4 Å². The third-order valence-electron chi connectivity index (χ3n) is 9.42. The Kier molecular flexibility index (Phi) is 7.73. The standard InChI is InChI=1S/C43H40N2O2/c1-5-29-21-33(44)25-35(23-29)46-41-17-15-31(19-27(41)3)43(39-13-9-7-11-37(39)38-12-8-10-14-40(38)43)32-16-18-42(28(4)20-32)47-36-24-30(6-2)22-34(45)26-36/h7-26H,5-6,44-45H2,1-4H3. The van der Waals surface area contributed by atoms with E-state index in [0.717, 1.165) is 58.1 Å². The highest BCUT2D eigenvalue weighted by atomic mass is 16.5. The molecule has 0 heterocycles. The van der Waals surface area contributed by atoms with Crippen LogP contribution in [-0.4, -0.2) is 0 Å². The van der Waals surface area contributed by atoms with Crippen LogP contribution in [0, 0.1) is 13.8 Å². The molecule has 0 saturated heterocycles. The summed E-state index contributed by atoms with van der Waals surface area (Å²) in [5.41, 5.74) is 25.0. The maximum atomic E-state index is 6.44. The van der Waals surface area contributed by atoms with Crippen molar-refractivity contribution in [1.29, 1.82) is 0 Å². The van der Waals surface area contributed by atoms with Crippen LogP contribution in [0.4, 0.5) is 11.4 Å². The molecule has 0 aromatic heterocycles. The van der Waals surface area contributed by atoms with Gasteiger partial charge in [0.2, 0.25) is 0 Å². The molecule has 0 unspecified atom stereocenters. The minimum Gasteiger partial charge on any atom is -0.457 e. The van der Waals surface area contributed by atoms with Gasteiger partial charge in [0.15, 0.2) is 0 Å². The van der Waals surface area contributed by atoms with Crippen LogP contribution in [0.3, 0.4) is 0 Å². The Morgan fingerprint density at radius 3 is 1.34 bits per heavy atom. The van der Waals surface area contributed by atoms with Crippen LogP contribution in [0.15, 0.2) is 121 Å². The number of benzene rings is 6. The number of rotatable bonds is 8. The molecule has 4 N–H and O–H groups in total. The average molecular weight is 617 g/mol. The Hall–Kier alpha value is -5.48. The van der Waals surface area contributed by atoms with Crippen LogP contribution >= 0.6 is 0 Å². The molecule has 1 aliphatic carbocycles. The molecule has 0 saturated carbocycles. The predicted molar refractivity (Wildman–Crippen MR) is 194 cm³/mol.